The molecule has 0 atom stereocenters. The number of dihydropyridines is 1. The molecular formula is C8H9Cl2NO2. The molecule has 72 valence electrons. The molecule has 13 heavy (non-hydrogen) atoms. The summed E-state index contributed by atoms with van der Waals surface area (Å²) in [7, 11) is 0. The highest BCUT2D eigenvalue weighted by molar-refractivity contribution is 6.49. The summed E-state index contributed by atoms with van der Waals surface area (Å²) in [5, 5.41) is 2.63. The summed E-state index contributed by atoms with van der Waals surface area (Å²) in [5.41, 5.74) is 0.402. The van der Waals surface area contributed by atoms with Crippen molar-refractivity contribution < 1.29 is 9.53 Å². The van der Waals surface area contributed by atoms with Gasteiger partial charge in [0.2, 0.25) is 4.46 Å². The predicted octanol–water partition coefficient (Wildman–Crippen LogP) is 1.72. The van der Waals surface area contributed by atoms with Crippen LogP contribution in [-0.4, -0.2) is 17.0 Å². The van der Waals surface area contributed by atoms with E-state index in [0.29, 0.717) is 12.2 Å². The monoisotopic (exact) mass is 221 g/mol. The number of carbonyl (C=O) groups excluding carboxylic acids is 1. The lowest BCUT2D eigenvalue weighted by atomic mass is 10.2. The fourth-order valence-electron chi connectivity index (χ4n) is 0.806. The molecule has 1 N–H and O–H groups in total. The van der Waals surface area contributed by atoms with Crippen molar-refractivity contribution >= 4 is 29.2 Å². The Hall–Kier alpha value is -0.670. The van der Waals surface area contributed by atoms with Crippen LogP contribution in [0.5, 0.6) is 0 Å². The number of hydrogen-bond donors (Lipinski definition) is 1. The van der Waals surface area contributed by atoms with Crippen molar-refractivity contribution in [3.8, 4) is 0 Å². The first-order chi connectivity index (χ1) is 6.05. The third kappa shape index (κ3) is 2.94. The van der Waals surface area contributed by atoms with Crippen molar-refractivity contribution in [2.45, 2.75) is 11.4 Å². The Morgan fingerprint density at radius 3 is 2.85 bits per heavy atom. The molecule has 1 heterocycles. The Bertz CT molecular complexity index is 271. The molecule has 0 saturated carbocycles. The van der Waals surface area contributed by atoms with Gasteiger partial charge in [0.05, 0.1) is 12.2 Å². The molecule has 0 aromatic carbocycles. The SMILES string of the molecule is CCOC(=O)C1=CNC(Cl)(Cl)C=C1. The van der Waals surface area contributed by atoms with Crippen molar-refractivity contribution in [3.63, 3.8) is 0 Å². The van der Waals surface area contributed by atoms with Gasteiger partial charge in [0.15, 0.2) is 0 Å². The number of carbonyl (C=O) groups is 1. The summed E-state index contributed by atoms with van der Waals surface area (Å²) in [6.07, 6.45) is 4.43. The van der Waals surface area contributed by atoms with Gasteiger partial charge >= 0.3 is 5.97 Å². The van der Waals surface area contributed by atoms with E-state index in [4.69, 9.17) is 27.9 Å². The van der Waals surface area contributed by atoms with Crippen LogP contribution in [0.3, 0.4) is 0 Å². The van der Waals surface area contributed by atoms with Gasteiger partial charge in [0.25, 0.3) is 0 Å². The van der Waals surface area contributed by atoms with E-state index in [1.165, 1.54) is 18.4 Å². The van der Waals surface area contributed by atoms with Crippen molar-refractivity contribution in [1.29, 1.82) is 0 Å². The Morgan fingerprint density at radius 2 is 2.38 bits per heavy atom. The van der Waals surface area contributed by atoms with Crippen LogP contribution in [0, 0.1) is 0 Å². The number of rotatable bonds is 2. The topological polar surface area (TPSA) is 38.3 Å². The van der Waals surface area contributed by atoms with Crippen molar-refractivity contribution in [2.75, 3.05) is 6.61 Å². The van der Waals surface area contributed by atoms with Crippen LogP contribution in [0.2, 0.25) is 0 Å². The molecule has 1 aliphatic heterocycles. The first kappa shape index (κ1) is 10.4. The highest BCUT2D eigenvalue weighted by Gasteiger charge is 2.22. The van der Waals surface area contributed by atoms with E-state index >= 15 is 0 Å². The van der Waals surface area contributed by atoms with Gasteiger partial charge in [-0.25, -0.2) is 4.79 Å². The van der Waals surface area contributed by atoms with E-state index in [1.807, 2.05) is 0 Å². The fourth-order valence-corrected chi connectivity index (χ4v) is 1.04. The predicted molar refractivity (Wildman–Crippen MR) is 51.4 cm³/mol. The van der Waals surface area contributed by atoms with Gasteiger partial charge in [-0.3, -0.25) is 0 Å². The van der Waals surface area contributed by atoms with Crippen LogP contribution in [-0.2, 0) is 9.53 Å². The van der Waals surface area contributed by atoms with Crippen LogP contribution in [0.25, 0.3) is 0 Å². The summed E-state index contributed by atoms with van der Waals surface area (Å²) in [6, 6.07) is 0. The molecule has 0 aromatic heterocycles. The van der Waals surface area contributed by atoms with E-state index in [-0.39, 0.29) is 0 Å². The third-order valence-electron chi connectivity index (χ3n) is 1.40. The molecule has 0 amide bonds. The van der Waals surface area contributed by atoms with E-state index in [2.05, 4.69) is 5.32 Å². The second kappa shape index (κ2) is 4.03. The lowest BCUT2D eigenvalue weighted by Gasteiger charge is -2.19. The Balaban J connectivity index is 2.62. The van der Waals surface area contributed by atoms with Gasteiger partial charge in [0, 0.05) is 6.20 Å². The summed E-state index contributed by atoms with van der Waals surface area (Å²) in [4.78, 5) is 11.1. The number of alkyl halides is 2. The average molecular weight is 222 g/mol. The minimum Gasteiger partial charge on any atom is -0.462 e. The molecule has 1 rings (SSSR count). The molecule has 0 unspecified atom stereocenters. The normalized spacial score (nSPS) is 18.8. The lowest BCUT2D eigenvalue weighted by molar-refractivity contribution is -0.138. The van der Waals surface area contributed by atoms with Crippen LogP contribution in [0.15, 0.2) is 23.9 Å². The van der Waals surface area contributed by atoms with Gasteiger partial charge < -0.3 is 10.1 Å². The van der Waals surface area contributed by atoms with E-state index in [0.717, 1.165) is 0 Å². The zero-order valence-electron chi connectivity index (χ0n) is 7.01. The summed E-state index contributed by atoms with van der Waals surface area (Å²) >= 11 is 11.4. The van der Waals surface area contributed by atoms with Gasteiger partial charge in [-0.05, 0) is 19.1 Å². The van der Waals surface area contributed by atoms with Gasteiger partial charge in [-0.15, -0.1) is 0 Å². The van der Waals surface area contributed by atoms with Gasteiger partial charge in [-0.1, -0.05) is 23.2 Å². The molecule has 0 fully saturated rings. The van der Waals surface area contributed by atoms with Crippen molar-refractivity contribution in [1.82, 2.24) is 5.32 Å². The Labute approximate surface area is 86.3 Å². The Morgan fingerprint density at radius 1 is 1.69 bits per heavy atom. The smallest absolute Gasteiger partial charge is 0.339 e. The minimum atomic E-state index is -1.13. The first-order valence-electron chi connectivity index (χ1n) is 3.77. The quantitative estimate of drug-likeness (QED) is 0.439. The second-order valence-electron chi connectivity index (χ2n) is 2.42. The molecule has 0 saturated heterocycles. The number of hydrogen-bond acceptors (Lipinski definition) is 3. The maximum atomic E-state index is 11.1. The average Bonchev–Trinajstić information content (AvgIpc) is 2.04. The molecule has 3 nitrogen and oxygen atoms in total. The molecular weight excluding hydrogens is 213 g/mol. The molecule has 0 radical (unpaired) electrons. The number of nitrogens with one attached hydrogen (secondary N) is 1. The zero-order chi connectivity index (χ0) is 9.90. The van der Waals surface area contributed by atoms with Crippen LogP contribution >= 0.6 is 23.2 Å². The molecule has 5 heteroatoms. The molecule has 0 aromatic rings. The largest absolute Gasteiger partial charge is 0.462 e. The molecule has 0 spiro atoms. The standard InChI is InChI=1S/C8H9Cl2NO2/c1-2-13-7(12)6-3-4-8(9,10)11-5-6/h3-5,11H,2H2,1H3. The minimum absolute atomic E-state index is 0.344. The fraction of sp³-hybridized carbons (Fsp3) is 0.375. The summed E-state index contributed by atoms with van der Waals surface area (Å²) in [5.74, 6) is -0.393. The number of halogens is 2. The van der Waals surface area contributed by atoms with E-state index in [1.54, 1.807) is 6.92 Å². The maximum Gasteiger partial charge on any atom is 0.339 e. The van der Waals surface area contributed by atoms with Gasteiger partial charge in [-0.2, -0.15) is 0 Å². The molecule has 0 bridgehead atoms. The summed E-state index contributed by atoms with van der Waals surface area (Å²) < 4.78 is 3.64. The van der Waals surface area contributed by atoms with E-state index in [9.17, 15) is 4.79 Å². The summed E-state index contributed by atoms with van der Waals surface area (Å²) in [6.45, 7) is 2.09. The van der Waals surface area contributed by atoms with Crippen molar-refractivity contribution in [3.05, 3.63) is 23.9 Å². The van der Waals surface area contributed by atoms with Crippen molar-refractivity contribution in [2.24, 2.45) is 0 Å². The van der Waals surface area contributed by atoms with Crippen LogP contribution in [0.1, 0.15) is 6.92 Å². The highest BCUT2D eigenvalue weighted by Crippen LogP contribution is 2.23. The highest BCUT2D eigenvalue weighted by atomic mass is 35.5. The van der Waals surface area contributed by atoms with E-state index < -0.39 is 10.4 Å². The van der Waals surface area contributed by atoms with Crippen LogP contribution < -0.4 is 5.32 Å². The molecule has 1 aliphatic rings. The Kier molecular flexibility index (Phi) is 3.22. The number of ether oxygens (including phenoxy) is 1. The number of esters is 1. The van der Waals surface area contributed by atoms with Crippen LogP contribution in [0.4, 0.5) is 0 Å². The van der Waals surface area contributed by atoms with Gasteiger partial charge in [0.1, 0.15) is 0 Å². The maximum absolute atomic E-state index is 11.1. The third-order valence-corrected chi connectivity index (χ3v) is 1.87. The zero-order valence-corrected chi connectivity index (χ0v) is 8.52. The molecule has 0 aliphatic carbocycles. The second-order valence-corrected chi connectivity index (χ2v) is 3.81. The first-order valence-corrected chi connectivity index (χ1v) is 4.53. The lowest BCUT2D eigenvalue weighted by Crippen LogP contribution is -2.30.